The van der Waals surface area contributed by atoms with E-state index >= 15 is 0 Å². The molecule has 158 valence electrons. The van der Waals surface area contributed by atoms with Crippen LogP contribution in [0.3, 0.4) is 0 Å². The minimum atomic E-state index is -0.612. The van der Waals surface area contributed by atoms with Crippen LogP contribution in [0.1, 0.15) is 40.5 Å². The van der Waals surface area contributed by atoms with E-state index in [0.29, 0.717) is 29.7 Å². The van der Waals surface area contributed by atoms with E-state index < -0.39 is 11.7 Å². The molecule has 1 saturated carbocycles. The first kappa shape index (κ1) is 19.9. The Labute approximate surface area is 174 Å². The molecule has 2 N–H and O–H groups in total. The van der Waals surface area contributed by atoms with Crippen LogP contribution in [0.4, 0.5) is 22.1 Å². The van der Waals surface area contributed by atoms with Gasteiger partial charge in [-0.1, -0.05) is 0 Å². The molecule has 1 aliphatic rings. The fraction of sp³-hybridized carbons (Fsp3) is 0.429. The Bertz CT molecular complexity index is 1070. The third kappa shape index (κ3) is 4.61. The van der Waals surface area contributed by atoms with Crippen molar-refractivity contribution in [3.63, 3.8) is 0 Å². The molecule has 0 aliphatic heterocycles. The van der Waals surface area contributed by atoms with Crippen LogP contribution in [0, 0.1) is 0 Å². The highest BCUT2D eigenvalue weighted by atomic mass is 16.6. The predicted octanol–water partition coefficient (Wildman–Crippen LogP) is 4.33. The van der Waals surface area contributed by atoms with Crippen LogP contribution in [0.2, 0.25) is 0 Å². The Balaban J connectivity index is 1.64. The monoisotopic (exact) mass is 410 g/mol. The summed E-state index contributed by atoms with van der Waals surface area (Å²) in [5.74, 6) is 2.02. The Morgan fingerprint density at radius 2 is 1.97 bits per heavy atom. The zero-order valence-corrected chi connectivity index (χ0v) is 17.6. The zero-order valence-electron chi connectivity index (χ0n) is 17.6. The summed E-state index contributed by atoms with van der Waals surface area (Å²) in [6.07, 6.45) is 4.94. The molecule has 1 aromatic carbocycles. The van der Waals surface area contributed by atoms with Crippen molar-refractivity contribution in [2.45, 2.75) is 52.2 Å². The average Bonchev–Trinajstić information content (AvgIpc) is 3.38. The van der Waals surface area contributed by atoms with Crippen LogP contribution in [-0.4, -0.2) is 44.1 Å². The van der Waals surface area contributed by atoms with Gasteiger partial charge >= 0.3 is 6.09 Å². The fourth-order valence-corrected chi connectivity index (χ4v) is 2.96. The number of fused-ring (bicyclic) bond motifs is 1. The second-order valence-electron chi connectivity index (χ2n) is 8.21. The van der Waals surface area contributed by atoms with E-state index in [1.807, 2.05) is 39.8 Å². The van der Waals surface area contributed by atoms with Gasteiger partial charge in [0.15, 0.2) is 0 Å². The van der Waals surface area contributed by atoms with Crippen molar-refractivity contribution >= 4 is 34.3 Å². The van der Waals surface area contributed by atoms with Crippen LogP contribution in [-0.2, 0) is 4.74 Å². The number of hydrogen-bond acceptors (Lipinski definition) is 8. The molecule has 2 aromatic heterocycles. The molecule has 9 nitrogen and oxygen atoms in total. The summed E-state index contributed by atoms with van der Waals surface area (Å²) in [6, 6.07) is 6.02. The lowest BCUT2D eigenvalue weighted by Crippen LogP contribution is -2.27. The van der Waals surface area contributed by atoms with Gasteiger partial charge in [-0.3, -0.25) is 0 Å². The van der Waals surface area contributed by atoms with Crippen molar-refractivity contribution in [2.75, 3.05) is 17.2 Å². The third-order valence-corrected chi connectivity index (χ3v) is 4.39. The van der Waals surface area contributed by atoms with Gasteiger partial charge in [0.25, 0.3) is 0 Å². The molecular weight excluding hydrogens is 384 g/mol. The lowest BCUT2D eigenvalue weighted by molar-refractivity contribution is 0.0522. The van der Waals surface area contributed by atoms with Crippen LogP contribution in [0.15, 0.2) is 30.7 Å². The van der Waals surface area contributed by atoms with Gasteiger partial charge in [0, 0.05) is 23.6 Å². The van der Waals surface area contributed by atoms with Gasteiger partial charge in [-0.05, 0) is 46.6 Å². The lowest BCUT2D eigenvalue weighted by atomic mass is 10.2. The highest BCUT2D eigenvalue weighted by Crippen LogP contribution is 2.33. The van der Waals surface area contributed by atoms with E-state index in [2.05, 4.69) is 25.7 Å². The molecule has 3 aromatic rings. The van der Waals surface area contributed by atoms with Crippen molar-refractivity contribution < 1.29 is 14.3 Å². The van der Waals surface area contributed by atoms with Gasteiger partial charge < -0.3 is 20.1 Å². The van der Waals surface area contributed by atoms with Gasteiger partial charge in [0.2, 0.25) is 0 Å². The summed E-state index contributed by atoms with van der Waals surface area (Å²) in [7, 11) is 0. The van der Waals surface area contributed by atoms with E-state index in [4.69, 9.17) is 9.47 Å². The van der Waals surface area contributed by atoms with Gasteiger partial charge in [-0.2, -0.15) is 9.78 Å². The molecule has 4 rings (SSSR count). The number of anilines is 3. The van der Waals surface area contributed by atoms with Gasteiger partial charge in [-0.15, -0.1) is 0 Å². The number of ether oxygens (including phenoxy) is 2. The molecule has 30 heavy (non-hydrogen) atoms. The van der Waals surface area contributed by atoms with Crippen LogP contribution >= 0.6 is 0 Å². The van der Waals surface area contributed by atoms with Crippen LogP contribution in [0.5, 0.6) is 5.75 Å². The van der Waals surface area contributed by atoms with Gasteiger partial charge in [0.1, 0.15) is 29.3 Å². The number of benzene rings is 1. The molecule has 0 bridgehead atoms. The van der Waals surface area contributed by atoms with E-state index in [0.717, 1.165) is 16.9 Å². The average molecular weight is 410 g/mol. The van der Waals surface area contributed by atoms with Crippen molar-refractivity contribution in [3.05, 3.63) is 30.7 Å². The molecule has 9 heteroatoms. The largest absolute Gasteiger partial charge is 0.492 e. The van der Waals surface area contributed by atoms with Gasteiger partial charge in [-0.25, -0.2) is 14.8 Å². The summed E-state index contributed by atoms with van der Waals surface area (Å²) < 4.78 is 12.5. The van der Waals surface area contributed by atoms with E-state index in [-0.39, 0.29) is 0 Å². The summed E-state index contributed by atoms with van der Waals surface area (Å²) in [5.41, 5.74) is 0.722. The maximum Gasteiger partial charge on any atom is 0.435 e. The first-order valence-corrected chi connectivity index (χ1v) is 10.1. The predicted molar refractivity (Wildman–Crippen MR) is 114 cm³/mol. The van der Waals surface area contributed by atoms with Crippen LogP contribution < -0.4 is 15.4 Å². The SMILES string of the molecule is CCOc1cc2c(cnn2C(=O)OC(C)(C)C)cc1Nc1cc(NC2CC2)ncn1. The van der Waals surface area contributed by atoms with Crippen molar-refractivity contribution in [2.24, 2.45) is 0 Å². The molecule has 2 heterocycles. The van der Waals surface area contributed by atoms with Crippen LogP contribution in [0.25, 0.3) is 10.9 Å². The topological polar surface area (TPSA) is 103 Å². The van der Waals surface area contributed by atoms with Crippen molar-refractivity contribution in [3.8, 4) is 5.75 Å². The van der Waals surface area contributed by atoms with E-state index in [1.54, 1.807) is 12.3 Å². The Morgan fingerprint density at radius 1 is 1.20 bits per heavy atom. The molecule has 0 unspecified atom stereocenters. The summed E-state index contributed by atoms with van der Waals surface area (Å²) in [4.78, 5) is 21.1. The second kappa shape index (κ2) is 7.81. The van der Waals surface area contributed by atoms with Crippen molar-refractivity contribution in [1.29, 1.82) is 0 Å². The Hall–Kier alpha value is -3.36. The molecule has 0 atom stereocenters. The lowest BCUT2D eigenvalue weighted by Gasteiger charge is -2.19. The zero-order chi connectivity index (χ0) is 21.3. The standard InChI is InChI=1S/C21H26N6O3/c1-5-29-17-9-16-13(11-24-27(16)20(28)30-21(2,3)4)8-15(17)26-19-10-18(22-12-23-19)25-14-6-7-14/h8-12,14H,5-7H2,1-4H3,(H2,22,23,25,26). The number of aromatic nitrogens is 4. The Kier molecular flexibility index (Phi) is 5.19. The molecule has 0 spiro atoms. The smallest absolute Gasteiger partial charge is 0.435 e. The Morgan fingerprint density at radius 3 is 2.67 bits per heavy atom. The number of nitrogens with zero attached hydrogens (tertiary/aromatic N) is 4. The minimum Gasteiger partial charge on any atom is -0.492 e. The summed E-state index contributed by atoms with van der Waals surface area (Å²) >= 11 is 0. The first-order valence-electron chi connectivity index (χ1n) is 10.1. The van der Waals surface area contributed by atoms with E-state index in [1.165, 1.54) is 23.9 Å². The molecule has 0 radical (unpaired) electrons. The number of hydrogen-bond donors (Lipinski definition) is 2. The number of carbonyl (C=O) groups is 1. The molecule has 0 amide bonds. The summed E-state index contributed by atoms with van der Waals surface area (Å²) in [5, 5.41) is 11.6. The number of nitrogens with one attached hydrogen (secondary N) is 2. The normalized spacial score (nSPS) is 13.9. The minimum absolute atomic E-state index is 0.471. The molecule has 1 fully saturated rings. The third-order valence-electron chi connectivity index (χ3n) is 4.39. The summed E-state index contributed by atoms with van der Waals surface area (Å²) in [6.45, 7) is 7.83. The fourth-order valence-electron chi connectivity index (χ4n) is 2.96. The number of carbonyl (C=O) groups excluding carboxylic acids is 1. The highest BCUT2D eigenvalue weighted by molar-refractivity contribution is 5.92. The van der Waals surface area contributed by atoms with Gasteiger partial charge in [0.05, 0.1) is 24.0 Å². The highest BCUT2D eigenvalue weighted by Gasteiger charge is 2.22. The molecular formula is C21H26N6O3. The molecule has 0 saturated heterocycles. The van der Waals surface area contributed by atoms with Crippen molar-refractivity contribution in [1.82, 2.24) is 19.7 Å². The first-order chi connectivity index (χ1) is 14.3. The van der Waals surface area contributed by atoms with E-state index in [9.17, 15) is 4.79 Å². The maximum atomic E-state index is 12.5. The second-order valence-corrected chi connectivity index (χ2v) is 8.21. The molecule has 1 aliphatic carbocycles. The quantitative estimate of drug-likeness (QED) is 0.619. The maximum absolute atomic E-state index is 12.5. The number of rotatable bonds is 6.